The first kappa shape index (κ1) is 56.4. The second kappa shape index (κ2) is 46.8. The van der Waals surface area contributed by atoms with Crippen LogP contribution >= 0.6 is 0 Å². The first-order valence-corrected chi connectivity index (χ1v) is 26.7. The summed E-state index contributed by atoms with van der Waals surface area (Å²) in [5.41, 5.74) is 1.32. The summed E-state index contributed by atoms with van der Waals surface area (Å²) in [5.74, 6) is 0. The van der Waals surface area contributed by atoms with Gasteiger partial charge in [0.25, 0.3) is 0 Å². The minimum atomic E-state index is 0.517. The molecular weight excluding hydrogens is 733 g/mol. The van der Waals surface area contributed by atoms with Crippen LogP contribution in [0.1, 0.15) is 264 Å². The van der Waals surface area contributed by atoms with Gasteiger partial charge in [-0.25, -0.2) is 0 Å². The molecular formula is C56H104N2O2. The van der Waals surface area contributed by atoms with Gasteiger partial charge in [-0.3, -0.25) is 0 Å². The summed E-state index contributed by atoms with van der Waals surface area (Å²) >= 11 is 0. The van der Waals surface area contributed by atoms with Crippen molar-refractivity contribution < 1.29 is 9.57 Å². The molecule has 4 nitrogen and oxygen atoms in total. The van der Waals surface area contributed by atoms with E-state index in [9.17, 15) is 0 Å². The maximum Gasteiger partial charge on any atom is 0.117 e. The Morgan fingerprint density at radius 2 is 0.883 bits per heavy atom. The third-order valence-corrected chi connectivity index (χ3v) is 12.4. The highest BCUT2D eigenvalue weighted by atomic mass is 16.6. The molecule has 4 heteroatoms. The van der Waals surface area contributed by atoms with Crippen LogP contribution in [0.2, 0.25) is 0 Å². The molecule has 1 aliphatic rings. The Morgan fingerprint density at radius 3 is 1.35 bits per heavy atom. The number of hydrogen-bond acceptors (Lipinski definition) is 4. The maximum atomic E-state index is 6.49. The molecule has 1 heterocycles. The zero-order chi connectivity index (χ0) is 43.1. The van der Waals surface area contributed by atoms with E-state index in [2.05, 4.69) is 81.5 Å². The first-order chi connectivity index (χ1) is 29.7. The molecule has 0 aromatic heterocycles. The average Bonchev–Trinajstić information content (AvgIpc) is 3.25. The minimum Gasteiger partial charge on any atom is -0.396 e. The zero-order valence-corrected chi connectivity index (χ0v) is 41.0. The van der Waals surface area contributed by atoms with Gasteiger partial charge in [0.2, 0.25) is 0 Å². The predicted octanol–water partition coefficient (Wildman–Crippen LogP) is 18.2. The van der Waals surface area contributed by atoms with Gasteiger partial charge in [0.05, 0.1) is 17.9 Å². The van der Waals surface area contributed by atoms with Gasteiger partial charge in [-0.1, -0.05) is 170 Å². The highest BCUT2D eigenvalue weighted by Gasteiger charge is 2.21. The van der Waals surface area contributed by atoms with E-state index in [4.69, 9.17) is 14.7 Å². The smallest absolute Gasteiger partial charge is 0.117 e. The number of ether oxygens (including phenoxy) is 1. The fourth-order valence-electron chi connectivity index (χ4n) is 8.44. The summed E-state index contributed by atoms with van der Waals surface area (Å²) in [4.78, 5) is 8.26. The topological polar surface area (TPSA) is 34.1 Å². The molecule has 0 bridgehead atoms. The highest BCUT2D eigenvalue weighted by Crippen LogP contribution is 2.26. The van der Waals surface area contributed by atoms with Crippen molar-refractivity contribution in [3.63, 3.8) is 0 Å². The molecule has 0 N–H and O–H groups in total. The quantitative estimate of drug-likeness (QED) is 0.0265. The van der Waals surface area contributed by atoms with E-state index in [0.29, 0.717) is 12.2 Å². The van der Waals surface area contributed by atoms with Crippen LogP contribution in [0, 0.1) is 0 Å². The minimum absolute atomic E-state index is 0.517. The zero-order valence-electron chi connectivity index (χ0n) is 41.0. The number of nitrogens with zero attached hydrogens (tertiary/aromatic N) is 2. The molecule has 0 saturated carbocycles. The molecule has 2 atom stereocenters. The SMILES string of the molecule is CCCCC/C=C\C/C=C\CCCCCCCCC(CCCCCCCC/C=C\C/C=C\CCCCC)=NOCCCCCCCCC1CCCC(CCCCN(C)C)O1. The molecule has 1 saturated heterocycles. The normalized spacial score (nSPS) is 16.1. The van der Waals surface area contributed by atoms with Crippen molar-refractivity contribution in [2.75, 3.05) is 27.2 Å². The number of rotatable bonds is 45. The van der Waals surface area contributed by atoms with Gasteiger partial charge in [0.1, 0.15) is 6.61 Å². The molecule has 0 amide bonds. The summed E-state index contributed by atoms with van der Waals surface area (Å²) in [6.07, 6.45) is 70.1. The highest BCUT2D eigenvalue weighted by molar-refractivity contribution is 5.83. The van der Waals surface area contributed by atoms with Gasteiger partial charge in [0.15, 0.2) is 0 Å². The van der Waals surface area contributed by atoms with E-state index < -0.39 is 0 Å². The monoisotopic (exact) mass is 837 g/mol. The molecule has 0 radical (unpaired) electrons. The van der Waals surface area contributed by atoms with Crippen LogP contribution < -0.4 is 0 Å². The van der Waals surface area contributed by atoms with Gasteiger partial charge >= 0.3 is 0 Å². The molecule has 2 unspecified atom stereocenters. The average molecular weight is 837 g/mol. The van der Waals surface area contributed by atoms with Gasteiger partial charge in [-0.05, 0) is 168 Å². The van der Waals surface area contributed by atoms with Gasteiger partial charge in [0, 0.05) is 0 Å². The van der Waals surface area contributed by atoms with Gasteiger partial charge in [-0.15, -0.1) is 0 Å². The van der Waals surface area contributed by atoms with Crippen LogP contribution in [0.25, 0.3) is 0 Å². The Morgan fingerprint density at radius 1 is 0.483 bits per heavy atom. The summed E-state index contributed by atoms with van der Waals surface area (Å²) in [6, 6.07) is 0. The Bertz CT molecular complexity index is 963. The lowest BCUT2D eigenvalue weighted by Crippen LogP contribution is -2.27. The lowest BCUT2D eigenvalue weighted by molar-refractivity contribution is -0.0579. The van der Waals surface area contributed by atoms with Crippen molar-refractivity contribution in [3.8, 4) is 0 Å². The second-order valence-electron chi connectivity index (χ2n) is 18.7. The number of allylic oxidation sites excluding steroid dienone is 8. The largest absolute Gasteiger partial charge is 0.396 e. The van der Waals surface area contributed by atoms with Crippen molar-refractivity contribution >= 4 is 5.71 Å². The molecule has 1 rings (SSSR count). The van der Waals surface area contributed by atoms with E-state index in [1.54, 1.807) is 0 Å². The van der Waals surface area contributed by atoms with E-state index in [0.717, 1.165) is 38.7 Å². The Kier molecular flexibility index (Phi) is 44.0. The lowest BCUT2D eigenvalue weighted by atomic mass is 9.97. The standard InChI is InChI=1S/C56H104N2O2/c1-5-7-9-11-13-15-17-19-21-23-25-27-29-31-35-39-46-54(47-40-36-32-30-28-26-24-22-20-18-16-14-12-10-8-6-2)57-59-53-44-38-34-33-37-41-48-55-50-45-51-56(60-55)49-42-43-52-58(3)4/h13-16,19-22,55-56H,5-12,17-18,23-53H2,1-4H3/b15-13-,16-14-,21-19-,22-20-. The van der Waals surface area contributed by atoms with Crippen molar-refractivity contribution in [2.24, 2.45) is 5.16 Å². The molecule has 60 heavy (non-hydrogen) atoms. The number of oxime groups is 1. The van der Waals surface area contributed by atoms with Crippen LogP contribution in [0.4, 0.5) is 0 Å². The summed E-state index contributed by atoms with van der Waals surface area (Å²) in [6.45, 7) is 6.53. The van der Waals surface area contributed by atoms with Crippen molar-refractivity contribution in [3.05, 3.63) is 48.6 Å². The maximum absolute atomic E-state index is 6.49. The summed E-state index contributed by atoms with van der Waals surface area (Å²) < 4.78 is 6.49. The predicted molar refractivity (Wildman–Crippen MR) is 269 cm³/mol. The molecule has 0 aliphatic carbocycles. The van der Waals surface area contributed by atoms with Gasteiger partial charge in [-0.2, -0.15) is 0 Å². The van der Waals surface area contributed by atoms with E-state index >= 15 is 0 Å². The van der Waals surface area contributed by atoms with Crippen LogP contribution in [0.5, 0.6) is 0 Å². The summed E-state index contributed by atoms with van der Waals surface area (Å²) in [5, 5.41) is 4.75. The second-order valence-corrected chi connectivity index (χ2v) is 18.7. The van der Waals surface area contributed by atoms with Crippen LogP contribution in [0.15, 0.2) is 53.8 Å². The Labute approximate surface area is 376 Å². The fourth-order valence-corrected chi connectivity index (χ4v) is 8.44. The van der Waals surface area contributed by atoms with Crippen molar-refractivity contribution in [1.82, 2.24) is 4.90 Å². The molecule has 1 fully saturated rings. The molecule has 0 aromatic rings. The van der Waals surface area contributed by atoms with Crippen LogP contribution in [-0.2, 0) is 9.57 Å². The lowest BCUT2D eigenvalue weighted by Gasteiger charge is -2.30. The van der Waals surface area contributed by atoms with Gasteiger partial charge < -0.3 is 14.5 Å². The fraction of sp³-hybridized carbons (Fsp3) is 0.839. The molecule has 1 aliphatic heterocycles. The molecule has 0 aromatic carbocycles. The summed E-state index contributed by atoms with van der Waals surface area (Å²) in [7, 11) is 4.35. The Hall–Kier alpha value is -1.65. The van der Waals surface area contributed by atoms with Crippen LogP contribution in [0.3, 0.4) is 0 Å². The number of hydrogen-bond donors (Lipinski definition) is 0. The van der Waals surface area contributed by atoms with E-state index in [1.165, 1.54) is 231 Å². The van der Waals surface area contributed by atoms with E-state index in [1.807, 2.05) is 0 Å². The van der Waals surface area contributed by atoms with Crippen molar-refractivity contribution in [2.45, 2.75) is 276 Å². The number of unbranched alkanes of at least 4 members (excludes halogenated alkanes) is 24. The van der Waals surface area contributed by atoms with E-state index in [-0.39, 0.29) is 0 Å². The Balaban J connectivity index is 2.22. The molecule has 0 spiro atoms. The van der Waals surface area contributed by atoms with Crippen LogP contribution in [-0.4, -0.2) is 50.1 Å². The third-order valence-electron chi connectivity index (χ3n) is 12.4. The first-order valence-electron chi connectivity index (χ1n) is 26.7. The van der Waals surface area contributed by atoms with Crippen molar-refractivity contribution in [1.29, 1.82) is 0 Å². The molecule has 350 valence electrons. The third kappa shape index (κ3) is 41.7.